The van der Waals surface area contributed by atoms with Crippen molar-refractivity contribution in [3.8, 4) is 0 Å². The van der Waals surface area contributed by atoms with Crippen molar-refractivity contribution in [3.05, 3.63) is 30.1 Å². The zero-order chi connectivity index (χ0) is 13.4. The Hall–Kier alpha value is -1.88. The van der Waals surface area contributed by atoms with Crippen molar-refractivity contribution in [1.82, 2.24) is 14.5 Å². The highest BCUT2D eigenvalue weighted by atomic mass is 16.4. The second kappa shape index (κ2) is 4.66. The van der Waals surface area contributed by atoms with E-state index < -0.39 is 5.97 Å². The third-order valence-corrected chi connectivity index (χ3v) is 3.83. The number of hydrogen-bond donors (Lipinski definition) is 1. The fraction of sp³-hybridized carbons (Fsp3) is 0.429. The van der Waals surface area contributed by atoms with E-state index in [0.29, 0.717) is 11.6 Å². The van der Waals surface area contributed by atoms with Crippen molar-refractivity contribution in [3.63, 3.8) is 0 Å². The SMILES string of the molecule is CN1CCCC(n2cnc3c(C(=O)O)cccc32)C1. The van der Waals surface area contributed by atoms with Gasteiger partial charge in [-0.1, -0.05) is 6.07 Å². The first-order chi connectivity index (χ1) is 9.16. The Kier molecular flexibility index (Phi) is 2.98. The van der Waals surface area contributed by atoms with E-state index in [1.807, 2.05) is 6.07 Å². The van der Waals surface area contributed by atoms with E-state index in [0.717, 1.165) is 25.0 Å². The molecule has 2 aromatic rings. The van der Waals surface area contributed by atoms with Gasteiger partial charge in [-0.3, -0.25) is 0 Å². The molecule has 1 N–H and O–H groups in total. The topological polar surface area (TPSA) is 58.4 Å². The summed E-state index contributed by atoms with van der Waals surface area (Å²) < 4.78 is 2.12. The number of piperidine rings is 1. The second-order valence-corrected chi connectivity index (χ2v) is 5.19. The Balaban J connectivity index is 2.05. The van der Waals surface area contributed by atoms with Crippen LogP contribution < -0.4 is 0 Å². The van der Waals surface area contributed by atoms with Gasteiger partial charge in [0.25, 0.3) is 0 Å². The van der Waals surface area contributed by atoms with Crippen molar-refractivity contribution in [1.29, 1.82) is 0 Å². The third-order valence-electron chi connectivity index (χ3n) is 3.83. The molecule has 1 aliphatic heterocycles. The predicted molar refractivity (Wildman–Crippen MR) is 72.5 cm³/mol. The number of hydrogen-bond acceptors (Lipinski definition) is 3. The van der Waals surface area contributed by atoms with Gasteiger partial charge in [0, 0.05) is 12.6 Å². The van der Waals surface area contributed by atoms with Gasteiger partial charge in [-0.15, -0.1) is 0 Å². The number of imidazole rings is 1. The summed E-state index contributed by atoms with van der Waals surface area (Å²) in [5, 5.41) is 9.19. The molecule has 0 spiro atoms. The van der Waals surface area contributed by atoms with E-state index in [2.05, 4.69) is 21.5 Å². The zero-order valence-corrected chi connectivity index (χ0v) is 10.9. The quantitative estimate of drug-likeness (QED) is 0.896. The number of fused-ring (bicyclic) bond motifs is 1. The predicted octanol–water partition coefficient (Wildman–Crippen LogP) is 2.00. The van der Waals surface area contributed by atoms with Gasteiger partial charge in [0.2, 0.25) is 0 Å². The number of aromatic nitrogens is 2. The summed E-state index contributed by atoms with van der Waals surface area (Å²) in [6, 6.07) is 5.72. The summed E-state index contributed by atoms with van der Waals surface area (Å²) in [6.45, 7) is 2.12. The number of nitrogens with zero attached hydrogens (tertiary/aromatic N) is 3. The Morgan fingerprint density at radius 2 is 2.32 bits per heavy atom. The van der Waals surface area contributed by atoms with Gasteiger partial charge in [0.15, 0.2) is 0 Å². The summed E-state index contributed by atoms with van der Waals surface area (Å²) in [4.78, 5) is 17.8. The van der Waals surface area contributed by atoms with Crippen LogP contribution in [0, 0.1) is 0 Å². The van der Waals surface area contributed by atoms with Gasteiger partial charge in [0.05, 0.1) is 17.4 Å². The average molecular weight is 259 g/mol. The van der Waals surface area contributed by atoms with E-state index in [1.54, 1.807) is 18.5 Å². The van der Waals surface area contributed by atoms with E-state index in [4.69, 9.17) is 0 Å². The highest BCUT2D eigenvalue weighted by molar-refractivity contribution is 6.00. The fourth-order valence-corrected chi connectivity index (χ4v) is 2.89. The lowest BCUT2D eigenvalue weighted by molar-refractivity contribution is 0.0699. The van der Waals surface area contributed by atoms with Crippen LogP contribution in [0.2, 0.25) is 0 Å². The maximum Gasteiger partial charge on any atom is 0.337 e. The van der Waals surface area contributed by atoms with Crippen LogP contribution in [0.1, 0.15) is 29.2 Å². The van der Waals surface area contributed by atoms with Crippen LogP contribution >= 0.6 is 0 Å². The first kappa shape index (κ1) is 12.2. The molecule has 5 heteroatoms. The molecule has 1 atom stereocenters. The lowest BCUT2D eigenvalue weighted by atomic mass is 10.1. The summed E-state index contributed by atoms with van der Waals surface area (Å²) in [5.74, 6) is -0.920. The summed E-state index contributed by atoms with van der Waals surface area (Å²) in [5.41, 5.74) is 1.78. The Morgan fingerprint density at radius 3 is 3.05 bits per heavy atom. The van der Waals surface area contributed by atoms with Crippen molar-refractivity contribution in [2.24, 2.45) is 0 Å². The highest BCUT2D eigenvalue weighted by Crippen LogP contribution is 2.26. The molecule has 0 amide bonds. The summed E-state index contributed by atoms with van der Waals surface area (Å²) >= 11 is 0. The number of aromatic carboxylic acids is 1. The number of likely N-dealkylation sites (tertiary alicyclic amines) is 1. The number of likely N-dealkylation sites (N-methyl/N-ethyl adjacent to an activating group) is 1. The molecule has 0 radical (unpaired) electrons. The zero-order valence-electron chi connectivity index (χ0n) is 10.9. The molecule has 1 fully saturated rings. The number of carbonyl (C=O) groups is 1. The average Bonchev–Trinajstić information content (AvgIpc) is 2.82. The number of carboxylic acid groups (broad SMARTS) is 1. The van der Waals surface area contributed by atoms with Crippen LogP contribution in [0.3, 0.4) is 0 Å². The normalized spacial score (nSPS) is 20.8. The summed E-state index contributed by atoms with van der Waals surface area (Å²) in [7, 11) is 2.12. The molecule has 1 aromatic heterocycles. The molecule has 100 valence electrons. The van der Waals surface area contributed by atoms with Crippen LogP contribution in [0.15, 0.2) is 24.5 Å². The monoisotopic (exact) mass is 259 g/mol. The second-order valence-electron chi connectivity index (χ2n) is 5.19. The lowest BCUT2D eigenvalue weighted by Gasteiger charge is -2.30. The lowest BCUT2D eigenvalue weighted by Crippen LogP contribution is -2.33. The molecule has 1 unspecified atom stereocenters. The van der Waals surface area contributed by atoms with Gasteiger partial charge < -0.3 is 14.6 Å². The van der Waals surface area contributed by atoms with E-state index >= 15 is 0 Å². The molecule has 0 bridgehead atoms. The van der Waals surface area contributed by atoms with Gasteiger partial charge in [0.1, 0.15) is 5.52 Å². The molecular weight excluding hydrogens is 242 g/mol. The smallest absolute Gasteiger partial charge is 0.337 e. The Labute approximate surface area is 111 Å². The maximum absolute atomic E-state index is 11.2. The van der Waals surface area contributed by atoms with Gasteiger partial charge in [-0.25, -0.2) is 9.78 Å². The molecule has 19 heavy (non-hydrogen) atoms. The molecule has 5 nitrogen and oxygen atoms in total. The van der Waals surface area contributed by atoms with E-state index in [-0.39, 0.29) is 5.56 Å². The summed E-state index contributed by atoms with van der Waals surface area (Å²) in [6.07, 6.45) is 4.06. The molecule has 0 aliphatic carbocycles. The number of rotatable bonds is 2. The highest BCUT2D eigenvalue weighted by Gasteiger charge is 2.21. The molecule has 1 aliphatic rings. The molecule has 1 saturated heterocycles. The molecule has 0 saturated carbocycles. The Morgan fingerprint density at radius 1 is 1.47 bits per heavy atom. The first-order valence-corrected chi connectivity index (χ1v) is 6.54. The minimum absolute atomic E-state index is 0.278. The molecular formula is C14H17N3O2. The largest absolute Gasteiger partial charge is 0.478 e. The van der Waals surface area contributed by atoms with Crippen molar-refractivity contribution in [2.75, 3.05) is 20.1 Å². The van der Waals surface area contributed by atoms with E-state index in [1.165, 1.54) is 6.42 Å². The number of para-hydroxylation sites is 1. The minimum atomic E-state index is -0.920. The van der Waals surface area contributed by atoms with Crippen molar-refractivity contribution >= 4 is 17.0 Å². The van der Waals surface area contributed by atoms with Crippen LogP contribution in [0.5, 0.6) is 0 Å². The first-order valence-electron chi connectivity index (χ1n) is 6.54. The van der Waals surface area contributed by atoms with Crippen molar-refractivity contribution in [2.45, 2.75) is 18.9 Å². The van der Waals surface area contributed by atoms with Crippen LogP contribution in [0.4, 0.5) is 0 Å². The van der Waals surface area contributed by atoms with Crippen LogP contribution in [-0.2, 0) is 0 Å². The van der Waals surface area contributed by atoms with Gasteiger partial charge >= 0.3 is 5.97 Å². The maximum atomic E-state index is 11.2. The third kappa shape index (κ3) is 2.10. The van der Waals surface area contributed by atoms with Crippen LogP contribution in [0.25, 0.3) is 11.0 Å². The fourth-order valence-electron chi connectivity index (χ4n) is 2.89. The minimum Gasteiger partial charge on any atom is -0.478 e. The van der Waals surface area contributed by atoms with Gasteiger partial charge in [-0.05, 0) is 38.6 Å². The molecule has 1 aromatic carbocycles. The van der Waals surface area contributed by atoms with Gasteiger partial charge in [-0.2, -0.15) is 0 Å². The standard InChI is InChI=1S/C14H17N3O2/c1-16-7-3-4-10(8-16)17-9-15-13-11(14(18)19)5-2-6-12(13)17/h2,5-6,9-10H,3-4,7-8H2,1H3,(H,18,19). The van der Waals surface area contributed by atoms with Crippen molar-refractivity contribution < 1.29 is 9.90 Å². The number of benzene rings is 1. The van der Waals surface area contributed by atoms with Crippen LogP contribution in [-0.4, -0.2) is 45.7 Å². The molecule has 2 heterocycles. The molecule has 3 rings (SSSR count). The number of carboxylic acids is 1. The van der Waals surface area contributed by atoms with E-state index in [9.17, 15) is 9.90 Å². The Bertz CT molecular complexity index is 620.